The lowest BCUT2D eigenvalue weighted by molar-refractivity contribution is -0.109. The molecule has 1 N–H and O–H groups in total. The Morgan fingerprint density at radius 1 is 1.67 bits per heavy atom. The van der Waals surface area contributed by atoms with Crippen LogP contribution in [-0.2, 0) is 4.79 Å². The third-order valence-electron chi connectivity index (χ3n) is 1.22. The third-order valence-corrected chi connectivity index (χ3v) is 1.22. The van der Waals surface area contributed by atoms with Gasteiger partial charge in [-0.1, -0.05) is 11.2 Å². The summed E-state index contributed by atoms with van der Waals surface area (Å²) in [6.45, 7) is 0. The minimum Gasteiger partial charge on any atom is -0.411 e. The lowest BCUT2D eigenvalue weighted by atomic mass is 10.1. The van der Waals surface area contributed by atoms with Gasteiger partial charge in [0.25, 0.3) is 0 Å². The molecule has 3 nitrogen and oxygen atoms in total. The van der Waals surface area contributed by atoms with E-state index in [1.54, 1.807) is 6.08 Å². The van der Waals surface area contributed by atoms with E-state index in [-0.39, 0.29) is 11.5 Å². The molecule has 0 aliphatic heterocycles. The van der Waals surface area contributed by atoms with Crippen molar-refractivity contribution in [3.05, 3.63) is 12.2 Å². The monoisotopic (exact) mass is 125 g/mol. The van der Waals surface area contributed by atoms with E-state index in [0.717, 1.165) is 6.42 Å². The predicted molar refractivity (Wildman–Crippen MR) is 32.6 cm³/mol. The highest BCUT2D eigenvalue weighted by atomic mass is 16.4. The number of hydrogen-bond acceptors (Lipinski definition) is 3. The van der Waals surface area contributed by atoms with E-state index in [2.05, 4.69) is 5.16 Å². The largest absolute Gasteiger partial charge is 0.411 e. The summed E-state index contributed by atoms with van der Waals surface area (Å²) in [6, 6.07) is 0. The highest BCUT2D eigenvalue weighted by Crippen LogP contribution is 2.03. The quantitative estimate of drug-likeness (QED) is 0.383. The number of nitrogens with zero attached hydrogens (tertiary/aromatic N) is 1. The number of hydrogen-bond donors (Lipinski definition) is 1. The van der Waals surface area contributed by atoms with Gasteiger partial charge in [0.15, 0.2) is 0 Å². The first-order valence-electron chi connectivity index (χ1n) is 2.76. The topological polar surface area (TPSA) is 49.7 Å². The Hall–Kier alpha value is -1.12. The van der Waals surface area contributed by atoms with Crippen LogP contribution in [0.2, 0.25) is 0 Å². The molecule has 0 saturated carbocycles. The Kier molecular flexibility index (Phi) is 1.63. The fourth-order valence-electron chi connectivity index (χ4n) is 0.729. The van der Waals surface area contributed by atoms with E-state index in [1.165, 1.54) is 6.08 Å². The van der Waals surface area contributed by atoms with Gasteiger partial charge in [-0.05, 0) is 12.5 Å². The maximum atomic E-state index is 10.6. The molecule has 0 atom stereocenters. The molecule has 0 amide bonds. The highest BCUT2D eigenvalue weighted by molar-refractivity contribution is 6.44. The van der Waals surface area contributed by atoms with Crippen LogP contribution in [0, 0.1) is 0 Å². The lowest BCUT2D eigenvalue weighted by Gasteiger charge is -2.01. The molecule has 0 heterocycles. The normalized spacial score (nSPS) is 23.1. The average molecular weight is 125 g/mol. The summed E-state index contributed by atoms with van der Waals surface area (Å²) in [6.07, 6.45) is 4.56. The molecular formula is C6H7NO2. The molecule has 48 valence electrons. The molecule has 0 unspecified atom stereocenters. The molecule has 0 fully saturated rings. The minimum absolute atomic E-state index is 0.177. The van der Waals surface area contributed by atoms with E-state index < -0.39 is 0 Å². The fraction of sp³-hybridized carbons (Fsp3) is 0.333. The van der Waals surface area contributed by atoms with E-state index in [1.807, 2.05) is 0 Å². The molecule has 3 heteroatoms. The number of rotatable bonds is 0. The van der Waals surface area contributed by atoms with Crippen molar-refractivity contribution >= 4 is 11.5 Å². The minimum atomic E-state index is -0.177. The zero-order chi connectivity index (χ0) is 6.69. The van der Waals surface area contributed by atoms with Gasteiger partial charge in [0.2, 0.25) is 5.78 Å². The Morgan fingerprint density at radius 3 is 2.89 bits per heavy atom. The van der Waals surface area contributed by atoms with Crippen molar-refractivity contribution in [2.45, 2.75) is 12.8 Å². The molecule has 0 aromatic carbocycles. The number of allylic oxidation sites excluding steroid dienone is 2. The van der Waals surface area contributed by atoms with Crippen LogP contribution in [0.1, 0.15) is 12.8 Å². The molecule has 0 saturated heterocycles. The van der Waals surface area contributed by atoms with Crippen molar-refractivity contribution in [2.24, 2.45) is 5.16 Å². The molecular weight excluding hydrogens is 118 g/mol. The van der Waals surface area contributed by atoms with Gasteiger partial charge in [-0.25, -0.2) is 0 Å². The number of oxime groups is 1. The van der Waals surface area contributed by atoms with Gasteiger partial charge in [0, 0.05) is 6.42 Å². The summed E-state index contributed by atoms with van der Waals surface area (Å²) in [5, 5.41) is 11.0. The number of ketones is 1. The van der Waals surface area contributed by atoms with Crippen molar-refractivity contribution in [1.82, 2.24) is 0 Å². The number of carbonyl (C=O) groups excluding carboxylic acids is 1. The molecule has 0 spiro atoms. The second-order valence-electron chi connectivity index (χ2n) is 1.85. The Bertz CT molecular complexity index is 181. The van der Waals surface area contributed by atoms with E-state index in [4.69, 9.17) is 5.21 Å². The van der Waals surface area contributed by atoms with Crippen LogP contribution in [-0.4, -0.2) is 16.7 Å². The summed E-state index contributed by atoms with van der Waals surface area (Å²) < 4.78 is 0. The molecule has 0 aromatic heterocycles. The summed E-state index contributed by atoms with van der Waals surface area (Å²) >= 11 is 0. The second kappa shape index (κ2) is 2.44. The number of carbonyl (C=O) groups is 1. The van der Waals surface area contributed by atoms with Gasteiger partial charge in [0.05, 0.1) is 0 Å². The molecule has 1 rings (SSSR count). The van der Waals surface area contributed by atoms with Gasteiger partial charge in [-0.15, -0.1) is 0 Å². The van der Waals surface area contributed by atoms with Gasteiger partial charge in [0.1, 0.15) is 5.71 Å². The molecule has 0 bridgehead atoms. The standard InChI is InChI=1S/C6H7NO2/c8-6-4-2-1-3-5(6)7-9/h2,4,9H,1,3H2. The molecule has 0 aromatic rings. The van der Waals surface area contributed by atoms with Crippen LogP contribution >= 0.6 is 0 Å². The van der Waals surface area contributed by atoms with Crippen LogP contribution in [0.25, 0.3) is 0 Å². The van der Waals surface area contributed by atoms with Crippen molar-refractivity contribution in [1.29, 1.82) is 0 Å². The zero-order valence-electron chi connectivity index (χ0n) is 4.87. The zero-order valence-corrected chi connectivity index (χ0v) is 4.87. The Balaban J connectivity index is 2.78. The van der Waals surface area contributed by atoms with E-state index in [9.17, 15) is 4.79 Å². The van der Waals surface area contributed by atoms with E-state index >= 15 is 0 Å². The van der Waals surface area contributed by atoms with Gasteiger partial charge >= 0.3 is 0 Å². The predicted octanol–water partition coefficient (Wildman–Crippen LogP) is 0.736. The maximum Gasteiger partial charge on any atom is 0.203 e. The Labute approximate surface area is 52.7 Å². The van der Waals surface area contributed by atoms with Crippen molar-refractivity contribution in [3.8, 4) is 0 Å². The van der Waals surface area contributed by atoms with Gasteiger partial charge in [-0.2, -0.15) is 0 Å². The highest BCUT2D eigenvalue weighted by Gasteiger charge is 2.10. The summed E-state index contributed by atoms with van der Waals surface area (Å²) in [4.78, 5) is 10.6. The molecule has 1 aliphatic rings. The fourth-order valence-corrected chi connectivity index (χ4v) is 0.729. The summed E-state index contributed by atoms with van der Waals surface area (Å²) in [5.41, 5.74) is 0.262. The van der Waals surface area contributed by atoms with Gasteiger partial charge < -0.3 is 5.21 Å². The molecule has 1 aliphatic carbocycles. The summed E-state index contributed by atoms with van der Waals surface area (Å²) in [7, 11) is 0. The average Bonchev–Trinajstić information content (AvgIpc) is 1.89. The molecule has 9 heavy (non-hydrogen) atoms. The lowest BCUT2D eigenvalue weighted by Crippen LogP contribution is -2.13. The van der Waals surface area contributed by atoms with Crippen LogP contribution in [0.5, 0.6) is 0 Å². The third kappa shape index (κ3) is 1.16. The van der Waals surface area contributed by atoms with Crippen LogP contribution < -0.4 is 0 Å². The SMILES string of the molecule is O=C1C=CCCC1=NO. The smallest absolute Gasteiger partial charge is 0.203 e. The Morgan fingerprint density at radius 2 is 2.44 bits per heavy atom. The second-order valence-corrected chi connectivity index (χ2v) is 1.85. The first-order chi connectivity index (χ1) is 4.34. The van der Waals surface area contributed by atoms with E-state index in [0.29, 0.717) is 6.42 Å². The molecule has 0 radical (unpaired) electrons. The maximum absolute atomic E-state index is 10.6. The van der Waals surface area contributed by atoms with Crippen molar-refractivity contribution < 1.29 is 10.0 Å². The van der Waals surface area contributed by atoms with Crippen molar-refractivity contribution in [3.63, 3.8) is 0 Å². The first kappa shape index (κ1) is 6.01. The van der Waals surface area contributed by atoms with Crippen LogP contribution in [0.4, 0.5) is 0 Å². The summed E-state index contributed by atoms with van der Waals surface area (Å²) in [5.74, 6) is -0.177. The van der Waals surface area contributed by atoms with Gasteiger partial charge in [-0.3, -0.25) is 4.79 Å². The van der Waals surface area contributed by atoms with Crippen molar-refractivity contribution in [2.75, 3.05) is 0 Å². The first-order valence-corrected chi connectivity index (χ1v) is 2.76. The van der Waals surface area contributed by atoms with Crippen LogP contribution in [0.3, 0.4) is 0 Å². The van der Waals surface area contributed by atoms with Crippen LogP contribution in [0.15, 0.2) is 17.3 Å².